The van der Waals surface area contributed by atoms with E-state index in [1.165, 1.54) is 6.07 Å². The number of pyridine rings is 1. The molecule has 0 saturated heterocycles. The van der Waals surface area contributed by atoms with Crippen molar-refractivity contribution in [3.63, 3.8) is 0 Å². The first-order valence-electron chi connectivity index (χ1n) is 7.34. The van der Waals surface area contributed by atoms with Crippen molar-refractivity contribution in [1.29, 1.82) is 0 Å². The molecule has 0 aliphatic heterocycles. The predicted molar refractivity (Wildman–Crippen MR) is 84.5 cm³/mol. The first-order chi connectivity index (χ1) is 11.6. The number of aromatic amines is 1. The highest BCUT2D eigenvalue weighted by Crippen LogP contribution is 2.08. The van der Waals surface area contributed by atoms with Gasteiger partial charge in [0.2, 0.25) is 0 Å². The van der Waals surface area contributed by atoms with Gasteiger partial charge in [-0.05, 0) is 24.6 Å². The third kappa shape index (κ3) is 3.75. The molecule has 7 heteroatoms. The number of nitrogens with zero attached hydrogens (tertiary/aromatic N) is 2. The van der Waals surface area contributed by atoms with Gasteiger partial charge in [0, 0.05) is 12.1 Å². The van der Waals surface area contributed by atoms with Crippen LogP contribution in [-0.2, 0) is 17.8 Å². The molecule has 0 fully saturated rings. The Balaban J connectivity index is 1.61. The Morgan fingerprint density at radius 2 is 2.00 bits per heavy atom. The minimum atomic E-state index is -0.737. The Morgan fingerprint density at radius 3 is 2.75 bits per heavy atom. The van der Waals surface area contributed by atoms with Gasteiger partial charge in [0.25, 0.3) is 11.4 Å². The molecule has 3 rings (SSSR count). The number of nitrogens with one attached hydrogen (secondary N) is 1. The van der Waals surface area contributed by atoms with Gasteiger partial charge in [-0.15, -0.1) is 0 Å². The van der Waals surface area contributed by atoms with Gasteiger partial charge >= 0.3 is 5.97 Å². The average molecular weight is 325 g/mol. The van der Waals surface area contributed by atoms with Crippen molar-refractivity contribution in [3.05, 3.63) is 81.4 Å². The lowest BCUT2D eigenvalue weighted by atomic mass is 10.1. The number of rotatable bonds is 5. The van der Waals surface area contributed by atoms with Crippen molar-refractivity contribution in [2.75, 3.05) is 0 Å². The largest absolute Gasteiger partial charge is 0.452 e. The Hall–Kier alpha value is -3.22. The van der Waals surface area contributed by atoms with Gasteiger partial charge in [-0.25, -0.2) is 4.79 Å². The van der Waals surface area contributed by atoms with Gasteiger partial charge in [-0.1, -0.05) is 35.5 Å². The molecule has 0 unspecified atom stereocenters. The van der Waals surface area contributed by atoms with Crippen LogP contribution in [0.2, 0.25) is 0 Å². The van der Waals surface area contributed by atoms with Gasteiger partial charge in [0.1, 0.15) is 5.56 Å². The number of benzene rings is 1. The third-order valence-corrected chi connectivity index (χ3v) is 3.32. The summed E-state index contributed by atoms with van der Waals surface area (Å²) in [4.78, 5) is 30.3. The van der Waals surface area contributed by atoms with E-state index >= 15 is 0 Å². The van der Waals surface area contributed by atoms with E-state index in [9.17, 15) is 9.59 Å². The highest BCUT2D eigenvalue weighted by molar-refractivity contribution is 5.88. The van der Waals surface area contributed by atoms with Crippen molar-refractivity contribution in [3.8, 4) is 0 Å². The summed E-state index contributed by atoms with van der Waals surface area (Å²) in [6.45, 7) is 1.54. The first kappa shape index (κ1) is 15.7. The Bertz CT molecular complexity index is 899. The molecule has 0 atom stereocenters. The molecular weight excluding hydrogens is 310 g/mol. The lowest BCUT2D eigenvalue weighted by Gasteiger charge is -2.01. The number of aryl methyl sites for hydroxylation is 1. The summed E-state index contributed by atoms with van der Waals surface area (Å²) in [7, 11) is 0. The lowest BCUT2D eigenvalue weighted by Crippen LogP contribution is -2.20. The van der Waals surface area contributed by atoms with Crippen LogP contribution < -0.4 is 5.56 Å². The van der Waals surface area contributed by atoms with Gasteiger partial charge in [-0.3, -0.25) is 4.79 Å². The second kappa shape index (κ2) is 6.91. The van der Waals surface area contributed by atoms with Crippen molar-refractivity contribution < 1.29 is 14.1 Å². The molecule has 0 amide bonds. The summed E-state index contributed by atoms with van der Waals surface area (Å²) in [5.74, 6) is -0.0580. The third-order valence-electron chi connectivity index (χ3n) is 3.32. The van der Waals surface area contributed by atoms with Crippen LogP contribution in [0.3, 0.4) is 0 Å². The normalized spacial score (nSPS) is 10.5. The molecule has 2 aromatic heterocycles. The fraction of sp³-hybridized carbons (Fsp3) is 0.176. The van der Waals surface area contributed by atoms with E-state index in [0.29, 0.717) is 17.9 Å². The standard InChI is InChI=1S/C17H15N3O4/c1-11-7-8-13(16(21)18-11)17(22)23-10-15-19-14(20-24-15)9-12-5-3-2-4-6-12/h2-8H,9-10H2,1H3,(H,18,21). The van der Waals surface area contributed by atoms with E-state index in [2.05, 4.69) is 15.1 Å². The number of carbonyl (C=O) groups is 1. The zero-order valence-electron chi connectivity index (χ0n) is 13.0. The monoisotopic (exact) mass is 325 g/mol. The lowest BCUT2D eigenvalue weighted by molar-refractivity contribution is 0.0427. The molecule has 0 saturated carbocycles. The topological polar surface area (TPSA) is 98.1 Å². The van der Waals surface area contributed by atoms with Crippen molar-refractivity contribution in [1.82, 2.24) is 15.1 Å². The Kier molecular flexibility index (Phi) is 4.51. The molecule has 0 aliphatic rings. The summed E-state index contributed by atoms with van der Waals surface area (Å²) in [5.41, 5.74) is 1.16. The maximum atomic E-state index is 11.9. The Labute approximate surface area is 137 Å². The van der Waals surface area contributed by atoms with Crippen LogP contribution in [-0.4, -0.2) is 21.1 Å². The van der Waals surface area contributed by atoms with Crippen LogP contribution in [0.5, 0.6) is 0 Å². The van der Waals surface area contributed by atoms with Gasteiger partial charge in [0.15, 0.2) is 12.4 Å². The fourth-order valence-electron chi connectivity index (χ4n) is 2.14. The van der Waals surface area contributed by atoms with E-state index in [0.717, 1.165) is 5.56 Å². The average Bonchev–Trinajstić information content (AvgIpc) is 3.01. The minimum absolute atomic E-state index is 0.0652. The van der Waals surface area contributed by atoms with E-state index in [1.54, 1.807) is 13.0 Å². The number of esters is 1. The maximum Gasteiger partial charge on any atom is 0.344 e. The molecule has 0 bridgehead atoms. The van der Waals surface area contributed by atoms with Crippen molar-refractivity contribution >= 4 is 5.97 Å². The molecule has 1 N–H and O–H groups in total. The second-order valence-electron chi connectivity index (χ2n) is 5.23. The van der Waals surface area contributed by atoms with Crippen LogP contribution in [0.4, 0.5) is 0 Å². The highest BCUT2D eigenvalue weighted by atomic mass is 16.6. The molecule has 122 valence electrons. The van der Waals surface area contributed by atoms with E-state index in [1.807, 2.05) is 30.3 Å². The minimum Gasteiger partial charge on any atom is -0.452 e. The summed E-state index contributed by atoms with van der Waals surface area (Å²) < 4.78 is 10.1. The zero-order chi connectivity index (χ0) is 16.9. The predicted octanol–water partition coefficient (Wildman–Crippen LogP) is 2.01. The van der Waals surface area contributed by atoms with Crippen LogP contribution in [0.15, 0.2) is 51.8 Å². The Morgan fingerprint density at radius 1 is 1.21 bits per heavy atom. The molecule has 3 aromatic rings. The highest BCUT2D eigenvalue weighted by Gasteiger charge is 2.14. The summed E-state index contributed by atoms with van der Waals surface area (Å²) in [6, 6.07) is 12.7. The molecule has 0 aliphatic carbocycles. The SMILES string of the molecule is Cc1ccc(C(=O)OCc2nc(Cc3ccccc3)no2)c(=O)[nH]1. The maximum absolute atomic E-state index is 11.9. The number of carbonyl (C=O) groups excluding carboxylic acids is 1. The van der Waals surface area contributed by atoms with Crippen LogP contribution in [0, 0.1) is 6.92 Å². The molecule has 24 heavy (non-hydrogen) atoms. The summed E-state index contributed by atoms with van der Waals surface area (Å²) >= 11 is 0. The summed E-state index contributed by atoms with van der Waals surface area (Å²) in [5, 5.41) is 3.85. The first-order valence-corrected chi connectivity index (χ1v) is 7.34. The van der Waals surface area contributed by atoms with Gasteiger partial charge < -0.3 is 14.2 Å². The van der Waals surface area contributed by atoms with Gasteiger partial charge in [0.05, 0.1) is 0 Å². The number of aromatic nitrogens is 3. The number of ether oxygens (including phenoxy) is 1. The molecule has 2 heterocycles. The van der Waals surface area contributed by atoms with Crippen LogP contribution in [0.1, 0.15) is 33.3 Å². The van der Waals surface area contributed by atoms with E-state index in [-0.39, 0.29) is 18.1 Å². The van der Waals surface area contributed by atoms with Crippen LogP contribution >= 0.6 is 0 Å². The van der Waals surface area contributed by atoms with Crippen LogP contribution in [0.25, 0.3) is 0 Å². The number of H-pyrrole nitrogens is 1. The molecule has 7 nitrogen and oxygen atoms in total. The summed E-state index contributed by atoms with van der Waals surface area (Å²) in [6.07, 6.45) is 0.524. The van der Waals surface area contributed by atoms with Crippen molar-refractivity contribution in [2.45, 2.75) is 20.0 Å². The number of hydrogen-bond donors (Lipinski definition) is 1. The molecule has 0 radical (unpaired) electrons. The smallest absolute Gasteiger partial charge is 0.344 e. The molecule has 1 aromatic carbocycles. The zero-order valence-corrected chi connectivity index (χ0v) is 13.0. The fourth-order valence-corrected chi connectivity index (χ4v) is 2.14. The second-order valence-corrected chi connectivity index (χ2v) is 5.23. The van der Waals surface area contributed by atoms with Crippen molar-refractivity contribution in [2.24, 2.45) is 0 Å². The number of hydrogen-bond acceptors (Lipinski definition) is 6. The van der Waals surface area contributed by atoms with Gasteiger partial charge in [-0.2, -0.15) is 4.98 Å². The van der Waals surface area contributed by atoms with E-state index < -0.39 is 11.5 Å². The molecule has 0 spiro atoms. The quantitative estimate of drug-likeness (QED) is 0.721. The van der Waals surface area contributed by atoms with E-state index in [4.69, 9.17) is 9.26 Å². The molecular formula is C17H15N3O4.